The lowest BCUT2D eigenvalue weighted by molar-refractivity contribution is -0.159. The Morgan fingerprint density at radius 2 is 1.64 bits per heavy atom. The first-order valence-electron chi connectivity index (χ1n) is 13.2. The molecule has 1 heterocycles. The van der Waals surface area contributed by atoms with Crippen molar-refractivity contribution < 1.29 is 15.0 Å². The average molecular weight is 486 g/mol. The fourth-order valence-corrected chi connectivity index (χ4v) is 5.79. The molecule has 4 rings (SSSR count). The molecule has 2 aromatic rings. The smallest absolute Gasteiger partial charge is 0.310 e. The number of piperidine rings is 1. The number of rotatable bonds is 8. The van der Waals surface area contributed by atoms with Crippen LogP contribution in [0.15, 0.2) is 90.3 Å². The molecule has 0 amide bonds. The Balaban J connectivity index is 1.78. The van der Waals surface area contributed by atoms with Crippen LogP contribution in [0, 0.1) is 10.8 Å². The van der Waals surface area contributed by atoms with E-state index in [2.05, 4.69) is 65.6 Å². The van der Waals surface area contributed by atoms with E-state index in [-0.39, 0.29) is 0 Å². The van der Waals surface area contributed by atoms with Gasteiger partial charge >= 0.3 is 5.97 Å². The summed E-state index contributed by atoms with van der Waals surface area (Å²) in [5.74, 6) is -0.881. The van der Waals surface area contributed by atoms with E-state index >= 15 is 0 Å². The second kappa shape index (κ2) is 10.9. The number of hydrogen-bond acceptors (Lipinski definition) is 3. The molecule has 2 atom stereocenters. The average Bonchev–Trinajstić information content (AvgIpc) is 2.90. The topological polar surface area (TPSA) is 60.8 Å². The third kappa shape index (κ3) is 4.79. The Morgan fingerprint density at radius 1 is 1.03 bits per heavy atom. The molecular formula is C32H39NO3. The van der Waals surface area contributed by atoms with Gasteiger partial charge in [0.05, 0.1) is 11.5 Å². The van der Waals surface area contributed by atoms with Gasteiger partial charge in [0.25, 0.3) is 0 Å². The summed E-state index contributed by atoms with van der Waals surface area (Å²) in [7, 11) is 0. The second-order valence-electron chi connectivity index (χ2n) is 10.6. The van der Waals surface area contributed by atoms with Crippen LogP contribution in [0.4, 0.5) is 0 Å². The van der Waals surface area contributed by atoms with E-state index in [0.29, 0.717) is 12.8 Å². The van der Waals surface area contributed by atoms with Crippen LogP contribution in [0.25, 0.3) is 5.57 Å². The van der Waals surface area contributed by atoms with Gasteiger partial charge in [0, 0.05) is 28.9 Å². The zero-order chi connectivity index (χ0) is 25.8. The molecule has 1 fully saturated rings. The van der Waals surface area contributed by atoms with Crippen molar-refractivity contribution in [1.29, 1.82) is 0 Å². The van der Waals surface area contributed by atoms with E-state index in [1.54, 1.807) is 13.8 Å². The first kappa shape index (κ1) is 26.0. The van der Waals surface area contributed by atoms with Crippen LogP contribution < -0.4 is 0 Å². The number of carboxylic acid groups (broad SMARTS) is 1. The maximum absolute atomic E-state index is 12.3. The highest BCUT2D eigenvalue weighted by atomic mass is 16.4. The van der Waals surface area contributed by atoms with E-state index in [4.69, 9.17) is 0 Å². The number of aliphatic hydroxyl groups excluding tert-OH is 1. The number of likely N-dealkylation sites (tertiary alicyclic amines) is 1. The van der Waals surface area contributed by atoms with E-state index in [0.717, 1.165) is 37.9 Å². The molecule has 0 bridgehead atoms. The van der Waals surface area contributed by atoms with Crippen LogP contribution in [0.2, 0.25) is 0 Å². The maximum Gasteiger partial charge on any atom is 0.310 e. The molecule has 0 radical (unpaired) electrons. The third-order valence-electron chi connectivity index (χ3n) is 8.15. The number of aliphatic carboxylic acids is 1. The first-order valence-corrected chi connectivity index (χ1v) is 13.2. The zero-order valence-corrected chi connectivity index (χ0v) is 21.8. The monoisotopic (exact) mass is 485 g/mol. The van der Waals surface area contributed by atoms with Gasteiger partial charge in [-0.2, -0.15) is 0 Å². The summed E-state index contributed by atoms with van der Waals surface area (Å²) in [4.78, 5) is 14.7. The highest BCUT2D eigenvalue weighted by Gasteiger charge is 2.53. The fraction of sp³-hybridized carbons (Fsp3) is 0.406. The van der Waals surface area contributed by atoms with Gasteiger partial charge in [0.1, 0.15) is 0 Å². The lowest BCUT2D eigenvalue weighted by atomic mass is 9.58. The van der Waals surface area contributed by atoms with Crippen molar-refractivity contribution in [2.45, 2.75) is 65.4 Å². The van der Waals surface area contributed by atoms with Gasteiger partial charge in [-0.25, -0.2) is 0 Å². The molecule has 4 nitrogen and oxygen atoms in total. The van der Waals surface area contributed by atoms with Gasteiger partial charge in [-0.1, -0.05) is 86.2 Å². The lowest BCUT2D eigenvalue weighted by Gasteiger charge is -2.47. The standard InChI is InChI=1S/C32H39NO3/c1-4-13-28(34)32(31(2,3)30(35)36)21-19-26(20-22-32)33-23-12-11-18-27(33)29(24-14-7-5-8-15-24)25-16-9-6-10-17-25/h5-10,14-17,19-21,28,34H,4,11-13,18,22-23H2,1-3H3,(H,35,36). The van der Waals surface area contributed by atoms with Crippen molar-refractivity contribution in [2.75, 3.05) is 6.54 Å². The minimum Gasteiger partial charge on any atom is -0.481 e. The predicted molar refractivity (Wildman–Crippen MR) is 146 cm³/mol. The van der Waals surface area contributed by atoms with E-state index in [1.807, 2.05) is 25.1 Å². The maximum atomic E-state index is 12.3. The Morgan fingerprint density at radius 3 is 2.14 bits per heavy atom. The van der Waals surface area contributed by atoms with Gasteiger partial charge in [-0.15, -0.1) is 0 Å². The Bertz CT molecular complexity index is 1100. The van der Waals surface area contributed by atoms with Crippen molar-refractivity contribution in [3.63, 3.8) is 0 Å². The van der Waals surface area contributed by atoms with Crippen LogP contribution >= 0.6 is 0 Å². The van der Waals surface area contributed by atoms with Gasteiger partial charge in [0.15, 0.2) is 0 Å². The Labute approximate surface area is 215 Å². The molecule has 2 aromatic carbocycles. The van der Waals surface area contributed by atoms with Crippen molar-refractivity contribution in [1.82, 2.24) is 4.90 Å². The highest BCUT2D eigenvalue weighted by molar-refractivity contribution is 5.82. The Hall–Kier alpha value is -3.11. The molecule has 1 saturated heterocycles. The zero-order valence-electron chi connectivity index (χ0n) is 21.8. The number of allylic oxidation sites excluding steroid dienone is 3. The lowest BCUT2D eigenvalue weighted by Crippen LogP contribution is -2.50. The molecule has 36 heavy (non-hydrogen) atoms. The summed E-state index contributed by atoms with van der Waals surface area (Å²) in [5, 5.41) is 21.3. The fourth-order valence-electron chi connectivity index (χ4n) is 5.79. The molecule has 0 aromatic heterocycles. The molecular weight excluding hydrogens is 446 g/mol. The molecule has 2 unspecified atom stereocenters. The number of benzene rings is 2. The minimum atomic E-state index is -1.10. The number of hydrogen-bond donors (Lipinski definition) is 2. The normalized spacial score (nSPS) is 21.2. The molecule has 1 aliphatic heterocycles. The number of nitrogens with zero attached hydrogens (tertiary/aromatic N) is 1. The second-order valence-corrected chi connectivity index (χ2v) is 10.6. The largest absolute Gasteiger partial charge is 0.481 e. The van der Waals surface area contributed by atoms with Gasteiger partial charge < -0.3 is 15.1 Å². The van der Waals surface area contributed by atoms with Crippen LogP contribution in [-0.2, 0) is 4.79 Å². The van der Waals surface area contributed by atoms with Crippen molar-refractivity contribution in [3.8, 4) is 0 Å². The number of aliphatic hydroxyl groups is 1. The third-order valence-corrected chi connectivity index (χ3v) is 8.15. The quantitative estimate of drug-likeness (QED) is 0.421. The Kier molecular flexibility index (Phi) is 7.85. The van der Waals surface area contributed by atoms with Gasteiger partial charge in [0.2, 0.25) is 0 Å². The summed E-state index contributed by atoms with van der Waals surface area (Å²) in [6, 6.07) is 21.1. The molecule has 0 saturated carbocycles. The van der Waals surface area contributed by atoms with Gasteiger partial charge in [-0.3, -0.25) is 4.79 Å². The summed E-state index contributed by atoms with van der Waals surface area (Å²) in [5.41, 5.74) is 4.10. The summed E-state index contributed by atoms with van der Waals surface area (Å²) in [6.07, 6.45) is 10.6. The van der Waals surface area contributed by atoms with Crippen molar-refractivity contribution in [2.24, 2.45) is 10.8 Å². The predicted octanol–water partition coefficient (Wildman–Crippen LogP) is 7.03. The molecule has 2 aliphatic rings. The SMILES string of the molecule is CCCC(O)C1(C(C)(C)C(=O)O)C=CC(N2CCCCC2=C(c2ccccc2)c2ccccc2)=CC1. The van der Waals surface area contributed by atoms with Crippen LogP contribution in [0.3, 0.4) is 0 Å². The van der Waals surface area contributed by atoms with Crippen LogP contribution in [0.5, 0.6) is 0 Å². The van der Waals surface area contributed by atoms with E-state index < -0.39 is 22.9 Å². The highest BCUT2D eigenvalue weighted by Crippen LogP contribution is 2.50. The first-order chi connectivity index (χ1) is 17.3. The molecule has 2 N–H and O–H groups in total. The van der Waals surface area contributed by atoms with Crippen molar-refractivity contribution in [3.05, 3.63) is 101 Å². The summed E-state index contributed by atoms with van der Waals surface area (Å²) in [6.45, 7) is 6.43. The number of carbonyl (C=O) groups is 1. The number of carboxylic acids is 1. The van der Waals surface area contributed by atoms with E-state index in [9.17, 15) is 15.0 Å². The minimum absolute atomic E-state index is 0.495. The molecule has 0 spiro atoms. The molecule has 190 valence electrons. The molecule has 4 heteroatoms. The van der Waals surface area contributed by atoms with Crippen molar-refractivity contribution >= 4 is 11.5 Å². The summed E-state index contributed by atoms with van der Waals surface area (Å²) < 4.78 is 0. The van der Waals surface area contributed by atoms with Gasteiger partial charge in [-0.05, 0) is 63.2 Å². The summed E-state index contributed by atoms with van der Waals surface area (Å²) >= 11 is 0. The van der Waals surface area contributed by atoms with E-state index in [1.165, 1.54) is 22.4 Å². The van der Waals surface area contributed by atoms with Crippen LogP contribution in [0.1, 0.15) is 70.4 Å². The molecule has 1 aliphatic carbocycles. The van der Waals surface area contributed by atoms with Crippen LogP contribution in [-0.4, -0.2) is 33.7 Å².